The third kappa shape index (κ3) is 3.08. The summed E-state index contributed by atoms with van der Waals surface area (Å²) in [6.45, 7) is 2.09. The van der Waals surface area contributed by atoms with Crippen molar-refractivity contribution in [1.82, 2.24) is 19.7 Å². The van der Waals surface area contributed by atoms with E-state index >= 15 is 0 Å². The minimum Gasteiger partial charge on any atom is -0.380 e. The van der Waals surface area contributed by atoms with Crippen LogP contribution >= 0.6 is 11.6 Å². The van der Waals surface area contributed by atoms with Gasteiger partial charge in [0.1, 0.15) is 12.1 Å². The summed E-state index contributed by atoms with van der Waals surface area (Å²) in [5.41, 5.74) is 0.825. The van der Waals surface area contributed by atoms with E-state index in [4.69, 9.17) is 16.3 Å². The number of anilines is 1. The molecule has 0 unspecified atom stereocenters. The quantitative estimate of drug-likeness (QED) is 0.608. The molecule has 0 atom stereocenters. The van der Waals surface area contributed by atoms with E-state index in [0.29, 0.717) is 19.1 Å². The molecule has 2 heterocycles. The number of fused-ring (bicyclic) bond motifs is 1. The van der Waals surface area contributed by atoms with Crippen LogP contribution in [0.1, 0.15) is 6.42 Å². The fourth-order valence-electron chi connectivity index (χ4n) is 1.64. The summed E-state index contributed by atoms with van der Waals surface area (Å²) in [5.74, 6) is 1.35. The monoisotopic (exact) mass is 269 g/mol. The number of nitrogens with one attached hydrogen (secondary N) is 1. The van der Waals surface area contributed by atoms with Crippen LogP contribution in [0.5, 0.6) is 0 Å². The number of ether oxygens (including phenoxy) is 1. The van der Waals surface area contributed by atoms with Crippen molar-refractivity contribution in [2.24, 2.45) is 7.05 Å². The molecule has 0 radical (unpaired) electrons. The minimum absolute atomic E-state index is 0.537. The first-order chi connectivity index (χ1) is 8.83. The second-order valence-electron chi connectivity index (χ2n) is 3.81. The maximum atomic E-state index is 5.51. The molecular formula is C11H16ClN5O. The van der Waals surface area contributed by atoms with E-state index in [0.717, 1.165) is 29.8 Å². The van der Waals surface area contributed by atoms with Crippen molar-refractivity contribution in [2.45, 2.75) is 6.42 Å². The van der Waals surface area contributed by atoms with Crippen LogP contribution in [0.3, 0.4) is 0 Å². The standard InChI is InChI=1S/C11H16ClN5O/c1-17-11-9(7-16-17)10(14-8-15-11)13-4-2-5-18-6-3-12/h7-8H,2-6H2,1H3,(H,13,14,15). The number of aryl methyl sites for hydroxylation is 1. The van der Waals surface area contributed by atoms with Crippen LogP contribution in [-0.4, -0.2) is 45.4 Å². The fraction of sp³-hybridized carbons (Fsp3) is 0.545. The molecule has 0 aliphatic rings. The van der Waals surface area contributed by atoms with Gasteiger partial charge in [0.2, 0.25) is 0 Å². The summed E-state index contributed by atoms with van der Waals surface area (Å²) in [6, 6.07) is 0. The fourth-order valence-corrected chi connectivity index (χ4v) is 1.75. The molecule has 2 aromatic rings. The molecule has 0 spiro atoms. The molecule has 0 amide bonds. The van der Waals surface area contributed by atoms with E-state index in [-0.39, 0.29) is 0 Å². The molecule has 0 saturated heterocycles. The van der Waals surface area contributed by atoms with Crippen LogP contribution < -0.4 is 5.32 Å². The molecule has 98 valence electrons. The zero-order valence-corrected chi connectivity index (χ0v) is 11.0. The van der Waals surface area contributed by atoms with Gasteiger partial charge in [0.15, 0.2) is 5.65 Å². The Morgan fingerprint density at radius 1 is 1.39 bits per heavy atom. The van der Waals surface area contributed by atoms with Gasteiger partial charge >= 0.3 is 0 Å². The van der Waals surface area contributed by atoms with Crippen molar-refractivity contribution in [3.63, 3.8) is 0 Å². The predicted octanol–water partition coefficient (Wildman–Crippen LogP) is 1.42. The lowest BCUT2D eigenvalue weighted by Gasteiger charge is -2.06. The maximum Gasteiger partial charge on any atom is 0.163 e. The van der Waals surface area contributed by atoms with Crippen molar-refractivity contribution in [3.05, 3.63) is 12.5 Å². The van der Waals surface area contributed by atoms with E-state index < -0.39 is 0 Å². The lowest BCUT2D eigenvalue weighted by Crippen LogP contribution is -2.08. The normalized spacial score (nSPS) is 11.0. The highest BCUT2D eigenvalue weighted by atomic mass is 35.5. The lowest BCUT2D eigenvalue weighted by atomic mass is 10.3. The van der Waals surface area contributed by atoms with Gasteiger partial charge in [-0.05, 0) is 6.42 Å². The van der Waals surface area contributed by atoms with Crippen molar-refractivity contribution in [3.8, 4) is 0 Å². The van der Waals surface area contributed by atoms with Gasteiger partial charge in [-0.25, -0.2) is 9.97 Å². The Kier molecular flexibility index (Phi) is 4.72. The second kappa shape index (κ2) is 6.51. The minimum atomic E-state index is 0.537. The lowest BCUT2D eigenvalue weighted by molar-refractivity contribution is 0.149. The Labute approximate surface area is 110 Å². The molecule has 0 aliphatic carbocycles. The van der Waals surface area contributed by atoms with Crippen LogP contribution in [0.4, 0.5) is 5.82 Å². The average molecular weight is 270 g/mol. The van der Waals surface area contributed by atoms with E-state index in [9.17, 15) is 0 Å². The SMILES string of the molecule is Cn1ncc2c(NCCCOCCCl)ncnc21. The summed E-state index contributed by atoms with van der Waals surface area (Å²) < 4.78 is 7.02. The summed E-state index contributed by atoms with van der Waals surface area (Å²) in [7, 11) is 1.86. The number of aromatic nitrogens is 4. The van der Waals surface area contributed by atoms with Gasteiger partial charge in [0, 0.05) is 26.1 Å². The number of hydrogen-bond donors (Lipinski definition) is 1. The van der Waals surface area contributed by atoms with Crippen molar-refractivity contribution >= 4 is 28.5 Å². The smallest absolute Gasteiger partial charge is 0.163 e. The van der Waals surface area contributed by atoms with Crippen molar-refractivity contribution < 1.29 is 4.74 Å². The zero-order chi connectivity index (χ0) is 12.8. The third-order valence-electron chi connectivity index (χ3n) is 2.51. The Balaban J connectivity index is 1.88. The molecule has 2 aromatic heterocycles. The molecule has 0 saturated carbocycles. The molecule has 0 aliphatic heterocycles. The van der Waals surface area contributed by atoms with Crippen LogP contribution in [0.15, 0.2) is 12.5 Å². The van der Waals surface area contributed by atoms with Crippen LogP contribution in [-0.2, 0) is 11.8 Å². The van der Waals surface area contributed by atoms with Crippen LogP contribution in [0, 0.1) is 0 Å². The molecule has 7 heteroatoms. The van der Waals surface area contributed by atoms with Crippen molar-refractivity contribution in [1.29, 1.82) is 0 Å². The Morgan fingerprint density at radius 2 is 2.28 bits per heavy atom. The summed E-state index contributed by atoms with van der Waals surface area (Å²) >= 11 is 5.51. The molecule has 0 bridgehead atoms. The Bertz CT molecular complexity index is 501. The maximum absolute atomic E-state index is 5.51. The van der Waals surface area contributed by atoms with Gasteiger partial charge < -0.3 is 10.1 Å². The zero-order valence-electron chi connectivity index (χ0n) is 10.3. The van der Waals surface area contributed by atoms with Gasteiger partial charge in [-0.1, -0.05) is 0 Å². The number of hydrogen-bond acceptors (Lipinski definition) is 5. The highest BCUT2D eigenvalue weighted by Crippen LogP contribution is 2.17. The van der Waals surface area contributed by atoms with Gasteiger partial charge in [0.05, 0.1) is 18.2 Å². The van der Waals surface area contributed by atoms with Crippen LogP contribution in [0.25, 0.3) is 11.0 Å². The highest BCUT2D eigenvalue weighted by Gasteiger charge is 2.06. The average Bonchev–Trinajstić information content (AvgIpc) is 2.77. The third-order valence-corrected chi connectivity index (χ3v) is 2.66. The first kappa shape index (κ1) is 13.0. The second-order valence-corrected chi connectivity index (χ2v) is 4.19. The first-order valence-electron chi connectivity index (χ1n) is 5.83. The summed E-state index contributed by atoms with van der Waals surface area (Å²) in [5, 5.41) is 8.35. The van der Waals surface area contributed by atoms with Crippen LogP contribution in [0.2, 0.25) is 0 Å². The number of halogens is 1. The molecule has 0 aromatic carbocycles. The van der Waals surface area contributed by atoms with Gasteiger partial charge in [-0.2, -0.15) is 5.10 Å². The molecule has 18 heavy (non-hydrogen) atoms. The number of nitrogens with zero attached hydrogens (tertiary/aromatic N) is 4. The van der Waals surface area contributed by atoms with Gasteiger partial charge in [-0.15, -0.1) is 11.6 Å². The molecule has 2 rings (SSSR count). The van der Waals surface area contributed by atoms with E-state index in [2.05, 4.69) is 20.4 Å². The number of rotatable bonds is 7. The summed E-state index contributed by atoms with van der Waals surface area (Å²) in [4.78, 5) is 8.40. The van der Waals surface area contributed by atoms with E-state index in [1.807, 2.05) is 7.05 Å². The first-order valence-corrected chi connectivity index (χ1v) is 6.36. The summed E-state index contributed by atoms with van der Waals surface area (Å²) in [6.07, 6.45) is 4.21. The topological polar surface area (TPSA) is 64.9 Å². The Morgan fingerprint density at radius 3 is 3.11 bits per heavy atom. The predicted molar refractivity (Wildman–Crippen MR) is 70.9 cm³/mol. The van der Waals surface area contributed by atoms with Gasteiger partial charge in [-0.3, -0.25) is 4.68 Å². The van der Waals surface area contributed by atoms with E-state index in [1.165, 1.54) is 6.33 Å². The largest absolute Gasteiger partial charge is 0.380 e. The molecule has 6 nitrogen and oxygen atoms in total. The molecular weight excluding hydrogens is 254 g/mol. The van der Waals surface area contributed by atoms with Gasteiger partial charge in [0.25, 0.3) is 0 Å². The molecule has 0 fully saturated rings. The molecule has 1 N–H and O–H groups in total. The Hall–Kier alpha value is -1.40. The van der Waals surface area contributed by atoms with Crippen molar-refractivity contribution in [2.75, 3.05) is 31.0 Å². The van der Waals surface area contributed by atoms with E-state index in [1.54, 1.807) is 10.9 Å². The number of alkyl halides is 1. The highest BCUT2D eigenvalue weighted by molar-refractivity contribution is 6.17.